The van der Waals surface area contributed by atoms with Gasteiger partial charge in [-0.1, -0.05) is 0 Å². The maximum Gasteiger partial charge on any atom is 0.323 e. The molecule has 0 saturated carbocycles. The highest BCUT2D eigenvalue weighted by molar-refractivity contribution is 5.75. The van der Waals surface area contributed by atoms with E-state index in [1.807, 2.05) is 0 Å². The van der Waals surface area contributed by atoms with Gasteiger partial charge < -0.3 is 9.84 Å². The van der Waals surface area contributed by atoms with E-state index in [-0.39, 0.29) is 12.8 Å². The molecule has 0 unspecified atom stereocenters. The first kappa shape index (κ1) is 17.9. The number of aliphatic carboxylic acids is 1. The van der Waals surface area contributed by atoms with Crippen LogP contribution in [0.5, 0.6) is 0 Å². The second kappa shape index (κ2) is 6.86. The highest BCUT2D eigenvalue weighted by Crippen LogP contribution is 2.11. The summed E-state index contributed by atoms with van der Waals surface area (Å²) in [4.78, 5) is 27.7. The van der Waals surface area contributed by atoms with E-state index in [0.717, 1.165) is 0 Å². The van der Waals surface area contributed by atoms with Crippen LogP contribution >= 0.6 is 0 Å². The first-order valence-electron chi connectivity index (χ1n) is 6.29. The van der Waals surface area contributed by atoms with Crippen molar-refractivity contribution in [3.05, 3.63) is 0 Å². The zero-order valence-corrected chi connectivity index (χ0v) is 12.6. The number of esters is 1. The van der Waals surface area contributed by atoms with Crippen molar-refractivity contribution in [1.82, 2.24) is 5.48 Å². The summed E-state index contributed by atoms with van der Waals surface area (Å²) in [6.45, 7) is 10.7. The summed E-state index contributed by atoms with van der Waals surface area (Å²) in [5, 5.41) is 9.02. The highest BCUT2D eigenvalue weighted by atomic mass is 16.7. The Morgan fingerprint density at radius 1 is 1.11 bits per heavy atom. The first-order valence-corrected chi connectivity index (χ1v) is 6.29. The molecule has 0 radical (unpaired) electrons. The Bertz CT molecular complexity index is 314. The molecule has 0 aromatic heterocycles. The molecule has 0 aliphatic rings. The number of rotatable bonds is 6. The van der Waals surface area contributed by atoms with E-state index < -0.39 is 29.2 Å². The van der Waals surface area contributed by atoms with Crippen LogP contribution in [0.2, 0.25) is 0 Å². The fourth-order valence-corrected chi connectivity index (χ4v) is 1.14. The number of hydroxylamine groups is 1. The summed E-state index contributed by atoms with van der Waals surface area (Å²) in [6.07, 6.45) is 0.134. The lowest BCUT2D eigenvalue weighted by Gasteiger charge is -2.23. The van der Waals surface area contributed by atoms with E-state index in [2.05, 4.69) is 5.48 Å². The van der Waals surface area contributed by atoms with Crippen molar-refractivity contribution in [3.63, 3.8) is 0 Å². The summed E-state index contributed by atoms with van der Waals surface area (Å²) < 4.78 is 5.11. The lowest BCUT2D eigenvalue weighted by Crippen LogP contribution is -2.42. The molecule has 0 spiro atoms. The van der Waals surface area contributed by atoms with Gasteiger partial charge in [-0.2, -0.15) is 5.48 Å². The van der Waals surface area contributed by atoms with Gasteiger partial charge in [0.1, 0.15) is 11.6 Å². The molecule has 6 heteroatoms. The van der Waals surface area contributed by atoms with Gasteiger partial charge >= 0.3 is 11.9 Å². The van der Waals surface area contributed by atoms with E-state index in [9.17, 15) is 9.59 Å². The Labute approximate surface area is 114 Å². The molecule has 0 amide bonds. The molecule has 0 aromatic carbocycles. The van der Waals surface area contributed by atoms with Crippen LogP contribution in [-0.4, -0.2) is 34.3 Å². The van der Waals surface area contributed by atoms with Gasteiger partial charge in [0, 0.05) is 6.42 Å². The predicted octanol–water partition coefficient (Wildman–Crippen LogP) is 1.88. The Kier molecular flexibility index (Phi) is 6.45. The van der Waals surface area contributed by atoms with Gasteiger partial charge in [-0.3, -0.25) is 14.4 Å². The van der Waals surface area contributed by atoms with E-state index in [0.29, 0.717) is 0 Å². The zero-order chi connectivity index (χ0) is 15.3. The van der Waals surface area contributed by atoms with Crippen LogP contribution in [0.1, 0.15) is 54.4 Å². The lowest BCUT2D eigenvalue weighted by atomic mass is 10.1. The van der Waals surface area contributed by atoms with E-state index >= 15 is 0 Å². The third-order valence-electron chi connectivity index (χ3n) is 1.86. The van der Waals surface area contributed by atoms with Crippen molar-refractivity contribution < 1.29 is 24.3 Å². The van der Waals surface area contributed by atoms with Crippen LogP contribution in [0.4, 0.5) is 0 Å². The molecule has 0 heterocycles. The molecule has 0 fully saturated rings. The number of nitrogens with one attached hydrogen (secondary N) is 1. The molecule has 6 nitrogen and oxygen atoms in total. The number of hydrogen-bond donors (Lipinski definition) is 2. The van der Waals surface area contributed by atoms with Crippen molar-refractivity contribution in [2.75, 3.05) is 0 Å². The fraction of sp³-hybridized carbons (Fsp3) is 0.846. The van der Waals surface area contributed by atoms with Gasteiger partial charge in [-0.15, -0.1) is 0 Å². The van der Waals surface area contributed by atoms with Crippen molar-refractivity contribution in [1.29, 1.82) is 0 Å². The van der Waals surface area contributed by atoms with Crippen LogP contribution in [-0.2, 0) is 19.2 Å². The van der Waals surface area contributed by atoms with Crippen molar-refractivity contribution in [3.8, 4) is 0 Å². The summed E-state index contributed by atoms with van der Waals surface area (Å²) in [6, 6.07) is -0.938. The van der Waals surface area contributed by atoms with Crippen molar-refractivity contribution >= 4 is 11.9 Å². The third kappa shape index (κ3) is 10.5. The number of ether oxygens (including phenoxy) is 1. The van der Waals surface area contributed by atoms with Crippen LogP contribution in [0, 0.1) is 0 Å². The van der Waals surface area contributed by atoms with Gasteiger partial charge in [-0.25, -0.2) is 0 Å². The van der Waals surface area contributed by atoms with Crippen molar-refractivity contribution in [2.24, 2.45) is 0 Å². The summed E-state index contributed by atoms with van der Waals surface area (Å²) in [5.41, 5.74) is 1.41. The number of hydrogen-bond acceptors (Lipinski definition) is 5. The molecule has 0 aliphatic heterocycles. The molecule has 2 N–H and O–H groups in total. The maximum atomic E-state index is 11.5. The van der Waals surface area contributed by atoms with Gasteiger partial charge in [0.2, 0.25) is 0 Å². The topological polar surface area (TPSA) is 84.9 Å². The molecule has 19 heavy (non-hydrogen) atoms. The van der Waals surface area contributed by atoms with Gasteiger partial charge in [0.25, 0.3) is 0 Å². The van der Waals surface area contributed by atoms with Crippen LogP contribution < -0.4 is 5.48 Å². The summed E-state index contributed by atoms with van der Waals surface area (Å²) in [5.74, 6) is -1.48. The quantitative estimate of drug-likeness (QED) is 0.568. The monoisotopic (exact) mass is 275 g/mol. The van der Waals surface area contributed by atoms with Gasteiger partial charge in [0.15, 0.2) is 0 Å². The molecular formula is C13H25NO5. The molecule has 0 rings (SSSR count). The largest absolute Gasteiger partial charge is 0.480 e. The minimum Gasteiger partial charge on any atom is -0.480 e. The van der Waals surface area contributed by atoms with Crippen LogP contribution in [0.25, 0.3) is 0 Å². The SMILES string of the molecule is CC(C)(C)ON[C@H](CCC(=O)OC(C)(C)C)C(=O)O. The smallest absolute Gasteiger partial charge is 0.323 e. The average Bonchev–Trinajstić information content (AvgIpc) is 2.11. The zero-order valence-electron chi connectivity index (χ0n) is 12.6. The standard InChI is InChI=1S/C13H25NO5/c1-12(2,3)18-10(15)8-7-9(11(16)17)14-19-13(4,5)6/h9,14H,7-8H2,1-6H3,(H,16,17)/t9-/m1/s1. The van der Waals surface area contributed by atoms with Crippen LogP contribution in [0.15, 0.2) is 0 Å². The third-order valence-corrected chi connectivity index (χ3v) is 1.86. The fourth-order valence-electron chi connectivity index (χ4n) is 1.14. The lowest BCUT2D eigenvalue weighted by molar-refractivity contribution is -0.157. The Hall–Kier alpha value is -1.14. The van der Waals surface area contributed by atoms with Gasteiger partial charge in [-0.05, 0) is 48.0 Å². The maximum absolute atomic E-state index is 11.5. The Morgan fingerprint density at radius 3 is 2.00 bits per heavy atom. The average molecular weight is 275 g/mol. The van der Waals surface area contributed by atoms with E-state index in [4.69, 9.17) is 14.7 Å². The van der Waals surface area contributed by atoms with E-state index in [1.54, 1.807) is 41.5 Å². The van der Waals surface area contributed by atoms with Crippen molar-refractivity contribution in [2.45, 2.75) is 71.6 Å². The molecule has 0 aromatic rings. The second-order valence-electron chi connectivity index (χ2n) is 6.35. The van der Waals surface area contributed by atoms with E-state index in [1.165, 1.54) is 0 Å². The van der Waals surface area contributed by atoms with Gasteiger partial charge in [0.05, 0.1) is 5.60 Å². The molecule has 0 bridgehead atoms. The predicted molar refractivity (Wildman–Crippen MR) is 70.5 cm³/mol. The molecule has 112 valence electrons. The normalized spacial score (nSPS) is 14.0. The minimum atomic E-state index is -1.06. The summed E-state index contributed by atoms with van der Waals surface area (Å²) in [7, 11) is 0. The minimum absolute atomic E-state index is 0.0226. The number of carbonyl (C=O) groups is 2. The number of carbonyl (C=O) groups excluding carboxylic acids is 1. The number of carboxylic acid groups (broad SMARTS) is 1. The summed E-state index contributed by atoms with van der Waals surface area (Å²) >= 11 is 0. The molecule has 1 atom stereocenters. The van der Waals surface area contributed by atoms with Crippen LogP contribution in [0.3, 0.4) is 0 Å². The molecule has 0 saturated heterocycles. The number of carboxylic acids is 1. The second-order valence-corrected chi connectivity index (χ2v) is 6.35. The Balaban J connectivity index is 4.23. The highest BCUT2D eigenvalue weighted by Gasteiger charge is 2.23. The Morgan fingerprint density at radius 2 is 1.63 bits per heavy atom. The molecular weight excluding hydrogens is 250 g/mol. The molecule has 0 aliphatic carbocycles. The first-order chi connectivity index (χ1) is 8.41.